The number of hydrogen-bond donors (Lipinski definition) is 1. The molecule has 2 aromatic heterocycles. The fraction of sp³-hybridized carbons (Fsp3) is 0.304. The summed E-state index contributed by atoms with van der Waals surface area (Å²) in [7, 11) is 2.13. The van der Waals surface area contributed by atoms with Gasteiger partial charge in [-0.25, -0.2) is 14.4 Å². The number of nitrogens with two attached hydrogens (primary N) is 1. The van der Waals surface area contributed by atoms with Gasteiger partial charge in [0.25, 0.3) is 0 Å². The van der Waals surface area contributed by atoms with E-state index in [0.717, 1.165) is 48.0 Å². The standard InChI is InChI=1S/C23H24Cl2FN5S/c1-14(21-17(24)4-5-18(26)22(21)25)32-19-11-16(13-29-23(19)27)15-3-6-20(28-12-15)31-9-7-30(2)8-10-31/h3-6,11-14H,7-10H2,1-2H3,(H2,27,29). The van der Waals surface area contributed by atoms with Crippen LogP contribution < -0.4 is 10.6 Å². The van der Waals surface area contributed by atoms with Crippen LogP contribution in [0.15, 0.2) is 47.6 Å². The molecule has 0 bridgehead atoms. The molecule has 0 saturated carbocycles. The monoisotopic (exact) mass is 491 g/mol. The minimum atomic E-state index is -0.495. The number of rotatable bonds is 5. The summed E-state index contributed by atoms with van der Waals surface area (Å²) in [6.45, 7) is 5.91. The van der Waals surface area contributed by atoms with E-state index in [1.54, 1.807) is 6.20 Å². The van der Waals surface area contributed by atoms with E-state index in [1.807, 2.05) is 31.3 Å². The molecule has 4 rings (SSSR count). The second-order valence-electron chi connectivity index (χ2n) is 7.82. The highest BCUT2D eigenvalue weighted by atomic mass is 35.5. The molecule has 1 unspecified atom stereocenters. The number of halogens is 3. The number of hydrogen-bond acceptors (Lipinski definition) is 6. The zero-order valence-corrected chi connectivity index (χ0v) is 20.2. The minimum absolute atomic E-state index is 0.0314. The predicted octanol–water partition coefficient (Wildman–Crippen LogP) is 5.78. The Kier molecular flexibility index (Phi) is 7.10. The number of nitrogens with zero attached hydrogens (tertiary/aromatic N) is 4. The molecular formula is C23H24Cl2FN5S. The maximum atomic E-state index is 14.0. The lowest BCUT2D eigenvalue weighted by Crippen LogP contribution is -2.44. The summed E-state index contributed by atoms with van der Waals surface area (Å²) < 4.78 is 14.0. The van der Waals surface area contributed by atoms with Crippen molar-refractivity contribution in [3.8, 4) is 11.1 Å². The second-order valence-corrected chi connectivity index (χ2v) is 9.99. The molecule has 0 aliphatic carbocycles. The number of nitrogen functional groups attached to an aromatic ring is 1. The molecule has 1 atom stereocenters. The molecule has 168 valence electrons. The van der Waals surface area contributed by atoms with E-state index < -0.39 is 5.82 Å². The fourth-order valence-corrected chi connectivity index (χ4v) is 5.59. The summed E-state index contributed by atoms with van der Waals surface area (Å²) in [4.78, 5) is 14.4. The Morgan fingerprint density at radius 3 is 2.44 bits per heavy atom. The minimum Gasteiger partial charge on any atom is -0.383 e. The molecule has 1 aliphatic rings. The highest BCUT2D eigenvalue weighted by Gasteiger charge is 2.20. The molecule has 1 saturated heterocycles. The number of thioether (sulfide) groups is 1. The van der Waals surface area contributed by atoms with E-state index in [9.17, 15) is 4.39 Å². The van der Waals surface area contributed by atoms with Crippen LogP contribution in [-0.2, 0) is 0 Å². The first-order valence-corrected chi connectivity index (χ1v) is 11.9. The first-order valence-electron chi connectivity index (χ1n) is 10.3. The molecule has 1 aromatic carbocycles. The van der Waals surface area contributed by atoms with E-state index in [4.69, 9.17) is 28.9 Å². The van der Waals surface area contributed by atoms with Gasteiger partial charge in [0.1, 0.15) is 17.5 Å². The Hall–Kier alpha value is -2.06. The van der Waals surface area contributed by atoms with Crippen LogP contribution in [0.2, 0.25) is 10.0 Å². The Labute approximate surface area is 201 Å². The third kappa shape index (κ3) is 4.96. The van der Waals surface area contributed by atoms with Crippen LogP contribution in [0.4, 0.5) is 16.0 Å². The zero-order valence-electron chi connectivity index (χ0n) is 17.9. The molecule has 0 amide bonds. The van der Waals surface area contributed by atoms with Gasteiger partial charge in [0.15, 0.2) is 0 Å². The zero-order chi connectivity index (χ0) is 22.8. The second kappa shape index (κ2) is 9.83. The largest absolute Gasteiger partial charge is 0.383 e. The Balaban J connectivity index is 1.55. The molecule has 0 spiro atoms. The molecule has 1 aliphatic heterocycles. The average Bonchev–Trinajstić information content (AvgIpc) is 2.79. The van der Waals surface area contributed by atoms with E-state index in [0.29, 0.717) is 16.4 Å². The van der Waals surface area contributed by atoms with Crippen LogP contribution in [0.25, 0.3) is 11.1 Å². The first-order chi connectivity index (χ1) is 15.3. The Bertz CT molecular complexity index is 1100. The summed E-state index contributed by atoms with van der Waals surface area (Å²) >= 11 is 13.9. The first kappa shape index (κ1) is 23.1. The topological polar surface area (TPSA) is 58.3 Å². The molecule has 9 heteroatoms. The van der Waals surface area contributed by atoms with Crippen LogP contribution in [0.1, 0.15) is 17.7 Å². The van der Waals surface area contributed by atoms with Crippen molar-refractivity contribution in [2.24, 2.45) is 0 Å². The quantitative estimate of drug-likeness (QED) is 0.360. The molecule has 0 radical (unpaired) electrons. The van der Waals surface area contributed by atoms with Gasteiger partial charge in [-0.2, -0.15) is 0 Å². The van der Waals surface area contributed by atoms with Crippen molar-refractivity contribution in [2.45, 2.75) is 17.1 Å². The van der Waals surface area contributed by atoms with Gasteiger partial charge in [0.2, 0.25) is 0 Å². The predicted molar refractivity (Wildman–Crippen MR) is 132 cm³/mol. The van der Waals surface area contributed by atoms with Gasteiger partial charge in [-0.05, 0) is 44.3 Å². The van der Waals surface area contributed by atoms with E-state index >= 15 is 0 Å². The van der Waals surface area contributed by atoms with Crippen LogP contribution in [0, 0.1) is 5.82 Å². The third-order valence-corrected chi connectivity index (χ3v) is 7.46. The third-order valence-electron chi connectivity index (χ3n) is 5.58. The van der Waals surface area contributed by atoms with Crippen molar-refractivity contribution in [1.82, 2.24) is 14.9 Å². The molecular weight excluding hydrogens is 468 g/mol. The average molecular weight is 492 g/mol. The summed E-state index contributed by atoms with van der Waals surface area (Å²) in [5.74, 6) is 0.880. The van der Waals surface area contributed by atoms with Crippen molar-refractivity contribution in [3.05, 3.63) is 64.2 Å². The molecule has 3 aromatic rings. The molecule has 5 nitrogen and oxygen atoms in total. The normalized spacial score (nSPS) is 15.7. The van der Waals surface area contributed by atoms with Crippen LogP contribution in [-0.4, -0.2) is 48.1 Å². The van der Waals surface area contributed by atoms with E-state index in [-0.39, 0.29) is 10.3 Å². The number of piperazine rings is 1. The molecule has 32 heavy (non-hydrogen) atoms. The van der Waals surface area contributed by atoms with Gasteiger partial charge in [0.05, 0.1) is 9.92 Å². The number of pyridine rings is 2. The number of anilines is 2. The molecule has 3 heterocycles. The fourth-order valence-electron chi connectivity index (χ4n) is 3.65. The Morgan fingerprint density at radius 1 is 1.03 bits per heavy atom. The van der Waals surface area contributed by atoms with E-state index in [1.165, 1.54) is 23.9 Å². The van der Waals surface area contributed by atoms with Crippen molar-refractivity contribution in [2.75, 3.05) is 43.9 Å². The lowest BCUT2D eigenvalue weighted by Gasteiger charge is -2.33. The van der Waals surface area contributed by atoms with Gasteiger partial charge in [-0.15, -0.1) is 11.8 Å². The summed E-state index contributed by atoms with van der Waals surface area (Å²) in [5, 5.41) is 0.231. The van der Waals surface area contributed by atoms with Crippen LogP contribution in [0.5, 0.6) is 0 Å². The highest BCUT2D eigenvalue weighted by Crippen LogP contribution is 2.44. The van der Waals surface area contributed by atoms with Gasteiger partial charge in [0, 0.05) is 65.5 Å². The maximum absolute atomic E-state index is 14.0. The van der Waals surface area contributed by atoms with Crippen LogP contribution in [0.3, 0.4) is 0 Å². The van der Waals surface area contributed by atoms with Crippen molar-refractivity contribution >= 4 is 46.6 Å². The number of aromatic nitrogens is 2. The summed E-state index contributed by atoms with van der Waals surface area (Å²) in [6.07, 6.45) is 3.60. The molecule has 1 fully saturated rings. The van der Waals surface area contributed by atoms with Crippen molar-refractivity contribution < 1.29 is 4.39 Å². The molecule has 2 N–H and O–H groups in total. The number of benzene rings is 1. The van der Waals surface area contributed by atoms with Crippen molar-refractivity contribution in [1.29, 1.82) is 0 Å². The lowest BCUT2D eigenvalue weighted by molar-refractivity contribution is 0.312. The van der Waals surface area contributed by atoms with Gasteiger partial charge in [-0.3, -0.25) is 0 Å². The maximum Gasteiger partial charge on any atom is 0.142 e. The highest BCUT2D eigenvalue weighted by molar-refractivity contribution is 7.99. The lowest BCUT2D eigenvalue weighted by atomic mass is 10.1. The van der Waals surface area contributed by atoms with Gasteiger partial charge in [-0.1, -0.05) is 23.2 Å². The van der Waals surface area contributed by atoms with Gasteiger partial charge < -0.3 is 15.5 Å². The Morgan fingerprint density at radius 2 is 1.75 bits per heavy atom. The van der Waals surface area contributed by atoms with Crippen LogP contribution >= 0.6 is 35.0 Å². The van der Waals surface area contributed by atoms with E-state index in [2.05, 4.69) is 26.8 Å². The summed E-state index contributed by atoms with van der Waals surface area (Å²) in [5.41, 5.74) is 8.53. The number of likely N-dealkylation sites (N-methyl/N-ethyl adjacent to an activating group) is 1. The van der Waals surface area contributed by atoms with Crippen molar-refractivity contribution in [3.63, 3.8) is 0 Å². The smallest absolute Gasteiger partial charge is 0.142 e. The summed E-state index contributed by atoms with van der Waals surface area (Å²) in [6, 6.07) is 8.84. The van der Waals surface area contributed by atoms with Gasteiger partial charge >= 0.3 is 0 Å². The SMILES string of the molecule is CC(Sc1cc(-c2ccc(N3CCN(C)CC3)nc2)cnc1N)c1c(Cl)ccc(F)c1Cl.